The zero-order chi connectivity index (χ0) is 25.3. The van der Waals surface area contributed by atoms with E-state index in [0.717, 1.165) is 18.2 Å². The average molecular weight is 488 g/mol. The van der Waals surface area contributed by atoms with Crippen molar-refractivity contribution in [1.82, 2.24) is 15.0 Å². The summed E-state index contributed by atoms with van der Waals surface area (Å²) in [6.45, 7) is 4.39. The summed E-state index contributed by atoms with van der Waals surface area (Å²) in [4.78, 5) is 25.7. The van der Waals surface area contributed by atoms with Crippen LogP contribution in [0.15, 0.2) is 42.9 Å². The van der Waals surface area contributed by atoms with Crippen molar-refractivity contribution < 1.29 is 27.1 Å². The van der Waals surface area contributed by atoms with Gasteiger partial charge in [-0.1, -0.05) is 20.8 Å². The van der Waals surface area contributed by atoms with E-state index in [1.165, 1.54) is 31.6 Å². The van der Waals surface area contributed by atoms with Crippen molar-refractivity contribution in [3.8, 4) is 11.1 Å². The Labute approximate surface area is 199 Å². The lowest BCUT2D eigenvalue weighted by Crippen LogP contribution is -2.39. The number of amides is 1. The maximum absolute atomic E-state index is 14.7. The Bertz CT molecular complexity index is 1230. The van der Waals surface area contributed by atoms with Crippen molar-refractivity contribution in [3.05, 3.63) is 71.6 Å². The lowest BCUT2D eigenvalue weighted by atomic mass is 9.90. The number of pyridine rings is 1. The van der Waals surface area contributed by atoms with Crippen LogP contribution in [0.5, 0.6) is 0 Å². The molecule has 0 spiro atoms. The Hall–Kier alpha value is -3.40. The van der Waals surface area contributed by atoms with Gasteiger partial charge < -0.3 is 10.1 Å². The van der Waals surface area contributed by atoms with Crippen LogP contribution in [0.25, 0.3) is 11.1 Å². The van der Waals surface area contributed by atoms with Crippen molar-refractivity contribution in [2.24, 2.45) is 5.92 Å². The number of rotatable bonds is 5. The average Bonchev–Trinajstić information content (AvgIpc) is 2.82. The lowest BCUT2D eigenvalue weighted by molar-refractivity contribution is -0.178. The lowest BCUT2D eigenvalue weighted by Gasteiger charge is -2.34. The number of ether oxygens (including phenoxy) is 1. The first kappa shape index (κ1) is 24.7. The number of aromatic nitrogens is 3. The summed E-state index contributed by atoms with van der Waals surface area (Å²) in [7, 11) is 0. The van der Waals surface area contributed by atoms with E-state index in [9.17, 15) is 22.4 Å². The summed E-state index contributed by atoms with van der Waals surface area (Å²) in [6, 6.07) is 4.34. The minimum atomic E-state index is -3.01. The highest BCUT2D eigenvalue weighted by atomic mass is 19.3. The Morgan fingerprint density at radius 2 is 1.83 bits per heavy atom. The van der Waals surface area contributed by atoms with Gasteiger partial charge in [0.25, 0.3) is 11.8 Å². The molecule has 2 atom stereocenters. The molecule has 1 N–H and O–H groups in total. The normalized spacial score (nSPS) is 19.5. The summed E-state index contributed by atoms with van der Waals surface area (Å²) < 4.78 is 62.2. The molecule has 0 saturated carbocycles. The fraction of sp³-hybridized carbons (Fsp3) is 0.360. The Balaban J connectivity index is 1.78. The molecule has 1 fully saturated rings. The molecule has 1 saturated heterocycles. The monoisotopic (exact) mass is 488 g/mol. The molecule has 35 heavy (non-hydrogen) atoms. The van der Waals surface area contributed by atoms with Gasteiger partial charge in [0.1, 0.15) is 30.2 Å². The maximum atomic E-state index is 14.7. The quantitative estimate of drug-likeness (QED) is 0.451. The SMILES string of the molecule is CC(C)c1ncc(C(=O)Nc2c(-c3cc(F)ccc3F)ccnc2C2CC(C)C(F)(F)CO2)cn1. The molecule has 2 aromatic heterocycles. The van der Waals surface area contributed by atoms with Crippen molar-refractivity contribution in [1.29, 1.82) is 0 Å². The number of alkyl halides is 2. The number of nitrogens with zero attached hydrogens (tertiary/aromatic N) is 3. The van der Waals surface area contributed by atoms with E-state index < -0.39 is 42.1 Å². The second-order valence-electron chi connectivity index (χ2n) is 8.88. The first-order valence-corrected chi connectivity index (χ1v) is 11.1. The van der Waals surface area contributed by atoms with Crippen LogP contribution in [0.1, 0.15) is 61.1 Å². The van der Waals surface area contributed by atoms with Crippen LogP contribution in [0, 0.1) is 17.6 Å². The molecule has 184 valence electrons. The number of carbonyl (C=O) groups is 1. The standard InChI is InChI=1S/C25H24F4N4O2/c1-13(2)23-31-10-15(11-32-23)24(34)33-21-17(18-9-16(26)4-5-19(18)27)6-7-30-22(21)20-8-14(3)25(28,29)12-35-20/h4-7,9-11,13-14,20H,8,12H2,1-3H3,(H,33,34). The van der Waals surface area contributed by atoms with E-state index in [0.29, 0.717) is 5.82 Å². The number of hydrogen-bond donors (Lipinski definition) is 1. The van der Waals surface area contributed by atoms with Gasteiger partial charge >= 0.3 is 0 Å². The zero-order valence-electron chi connectivity index (χ0n) is 19.4. The third-order valence-electron chi connectivity index (χ3n) is 5.96. The van der Waals surface area contributed by atoms with Gasteiger partial charge in [0.15, 0.2) is 0 Å². The van der Waals surface area contributed by atoms with Crippen LogP contribution in [0.3, 0.4) is 0 Å². The van der Waals surface area contributed by atoms with Gasteiger partial charge in [-0.05, 0) is 30.7 Å². The molecule has 1 aliphatic rings. The molecule has 2 unspecified atom stereocenters. The van der Waals surface area contributed by atoms with Gasteiger partial charge in [0.2, 0.25) is 0 Å². The molecule has 3 aromatic rings. The van der Waals surface area contributed by atoms with Gasteiger partial charge in [-0.25, -0.2) is 27.5 Å². The van der Waals surface area contributed by atoms with Gasteiger partial charge in [-0.15, -0.1) is 0 Å². The van der Waals surface area contributed by atoms with E-state index in [-0.39, 0.29) is 40.4 Å². The van der Waals surface area contributed by atoms with Gasteiger partial charge in [0.05, 0.1) is 16.9 Å². The van der Waals surface area contributed by atoms with Gasteiger partial charge in [-0.2, -0.15) is 0 Å². The molecular weight excluding hydrogens is 464 g/mol. The van der Waals surface area contributed by atoms with Crippen LogP contribution in [0.4, 0.5) is 23.2 Å². The molecule has 0 radical (unpaired) electrons. The van der Waals surface area contributed by atoms with Crippen LogP contribution in [0.2, 0.25) is 0 Å². The molecule has 3 heterocycles. The highest BCUT2D eigenvalue weighted by molar-refractivity contribution is 6.06. The van der Waals surface area contributed by atoms with Crippen molar-refractivity contribution in [2.45, 2.75) is 45.1 Å². The van der Waals surface area contributed by atoms with E-state index in [2.05, 4.69) is 20.3 Å². The molecule has 1 amide bonds. The summed E-state index contributed by atoms with van der Waals surface area (Å²) in [6.07, 6.45) is 3.08. The summed E-state index contributed by atoms with van der Waals surface area (Å²) in [5.74, 6) is -5.45. The number of carbonyl (C=O) groups excluding carboxylic acids is 1. The molecule has 1 aromatic carbocycles. The number of hydrogen-bond acceptors (Lipinski definition) is 5. The Morgan fingerprint density at radius 1 is 1.11 bits per heavy atom. The first-order chi connectivity index (χ1) is 16.6. The molecule has 0 bridgehead atoms. The molecule has 1 aliphatic heterocycles. The molecule has 10 heteroatoms. The predicted octanol–water partition coefficient (Wildman–Crippen LogP) is 5.93. The highest BCUT2D eigenvalue weighted by Crippen LogP contribution is 2.43. The predicted molar refractivity (Wildman–Crippen MR) is 121 cm³/mol. The fourth-order valence-corrected chi connectivity index (χ4v) is 3.83. The van der Waals surface area contributed by atoms with Gasteiger partial charge in [-0.3, -0.25) is 9.78 Å². The third kappa shape index (κ3) is 5.17. The van der Waals surface area contributed by atoms with Crippen LogP contribution in [-0.4, -0.2) is 33.4 Å². The Kier molecular flexibility index (Phi) is 6.84. The largest absolute Gasteiger partial charge is 0.366 e. The number of anilines is 1. The maximum Gasteiger partial charge on any atom is 0.273 e. The van der Waals surface area contributed by atoms with E-state index >= 15 is 0 Å². The fourth-order valence-electron chi connectivity index (χ4n) is 3.83. The first-order valence-electron chi connectivity index (χ1n) is 11.1. The van der Waals surface area contributed by atoms with Crippen molar-refractivity contribution >= 4 is 11.6 Å². The number of halogens is 4. The highest BCUT2D eigenvalue weighted by Gasteiger charge is 2.44. The number of benzene rings is 1. The summed E-state index contributed by atoms with van der Waals surface area (Å²) in [5.41, 5.74) is 0.316. The summed E-state index contributed by atoms with van der Waals surface area (Å²) in [5, 5.41) is 2.68. The van der Waals surface area contributed by atoms with Crippen LogP contribution in [-0.2, 0) is 4.74 Å². The molecule has 4 rings (SSSR count). The molecule has 6 nitrogen and oxygen atoms in total. The van der Waals surface area contributed by atoms with Crippen molar-refractivity contribution in [3.63, 3.8) is 0 Å². The molecular formula is C25H24F4N4O2. The number of nitrogens with one attached hydrogen (secondary N) is 1. The minimum Gasteiger partial charge on any atom is -0.366 e. The molecule has 0 aliphatic carbocycles. The zero-order valence-corrected chi connectivity index (χ0v) is 19.4. The Morgan fingerprint density at radius 3 is 2.49 bits per heavy atom. The smallest absolute Gasteiger partial charge is 0.273 e. The second-order valence-corrected chi connectivity index (χ2v) is 8.88. The third-order valence-corrected chi connectivity index (χ3v) is 5.96. The second kappa shape index (κ2) is 9.69. The van der Waals surface area contributed by atoms with E-state index in [1.807, 2.05) is 13.8 Å². The van der Waals surface area contributed by atoms with Crippen molar-refractivity contribution in [2.75, 3.05) is 11.9 Å². The summed E-state index contributed by atoms with van der Waals surface area (Å²) >= 11 is 0. The topological polar surface area (TPSA) is 77.0 Å². The minimum absolute atomic E-state index is 0.0392. The van der Waals surface area contributed by atoms with E-state index in [1.54, 1.807) is 0 Å². The van der Waals surface area contributed by atoms with Crippen LogP contribution < -0.4 is 5.32 Å². The van der Waals surface area contributed by atoms with E-state index in [4.69, 9.17) is 4.74 Å². The van der Waals surface area contributed by atoms with Crippen LogP contribution >= 0.6 is 0 Å². The van der Waals surface area contributed by atoms with Gasteiger partial charge in [0, 0.05) is 41.6 Å².